The standard InChI is InChI=1S/C19H24N2O/c1-6-10-14-17(12-8-3)20-16(5)19(22)21-18(13-9-4)15-11-7-2/h6-15,20H,2,4-5H2,1,3H3,(H,21,22)/b10-6-,12-8-,15-11-,17-14+,18-13+. The van der Waals surface area contributed by atoms with Gasteiger partial charge in [0.15, 0.2) is 0 Å². The molecular weight excluding hydrogens is 272 g/mol. The van der Waals surface area contributed by atoms with E-state index in [-0.39, 0.29) is 11.6 Å². The Kier molecular flexibility index (Phi) is 10.4. The minimum Gasteiger partial charge on any atom is -0.352 e. The first kappa shape index (κ1) is 19.2. The van der Waals surface area contributed by atoms with Crippen LogP contribution in [0.2, 0.25) is 0 Å². The SMILES string of the molecule is C=C/C=C\C(=C/C=C)NC(=O)C(=C)NC(/C=C\C)=C/C=C\C. The van der Waals surface area contributed by atoms with Gasteiger partial charge >= 0.3 is 0 Å². The smallest absolute Gasteiger partial charge is 0.271 e. The Morgan fingerprint density at radius 1 is 0.864 bits per heavy atom. The summed E-state index contributed by atoms with van der Waals surface area (Å²) in [6.07, 6.45) is 17.7. The van der Waals surface area contributed by atoms with Crippen LogP contribution in [0.5, 0.6) is 0 Å². The molecule has 1 amide bonds. The minimum absolute atomic E-state index is 0.246. The minimum atomic E-state index is -0.322. The molecule has 116 valence electrons. The van der Waals surface area contributed by atoms with Gasteiger partial charge in [-0.15, -0.1) is 0 Å². The van der Waals surface area contributed by atoms with Gasteiger partial charge in [0.25, 0.3) is 5.91 Å². The van der Waals surface area contributed by atoms with E-state index in [1.54, 1.807) is 30.4 Å². The lowest BCUT2D eigenvalue weighted by molar-refractivity contribution is -0.117. The molecule has 3 heteroatoms. The number of carbonyl (C=O) groups excluding carboxylic acids is 1. The van der Waals surface area contributed by atoms with Crippen molar-refractivity contribution in [2.24, 2.45) is 0 Å². The van der Waals surface area contributed by atoms with Gasteiger partial charge in [0.05, 0.1) is 5.70 Å². The summed E-state index contributed by atoms with van der Waals surface area (Å²) in [7, 11) is 0. The van der Waals surface area contributed by atoms with E-state index in [0.29, 0.717) is 5.70 Å². The number of carbonyl (C=O) groups is 1. The highest BCUT2D eigenvalue weighted by atomic mass is 16.2. The molecule has 0 aliphatic carbocycles. The third kappa shape index (κ3) is 8.38. The molecule has 0 saturated heterocycles. The second-order valence-corrected chi connectivity index (χ2v) is 4.16. The fraction of sp³-hybridized carbons (Fsp3) is 0.105. The highest BCUT2D eigenvalue weighted by Gasteiger charge is 2.07. The van der Waals surface area contributed by atoms with Crippen LogP contribution in [0.25, 0.3) is 0 Å². The monoisotopic (exact) mass is 296 g/mol. The Morgan fingerprint density at radius 3 is 2.09 bits per heavy atom. The molecule has 0 aliphatic rings. The number of amides is 1. The van der Waals surface area contributed by atoms with Crippen molar-refractivity contribution in [3.05, 3.63) is 97.6 Å². The van der Waals surface area contributed by atoms with Gasteiger partial charge in [0, 0.05) is 11.4 Å². The zero-order valence-electron chi connectivity index (χ0n) is 13.3. The fourth-order valence-corrected chi connectivity index (χ4v) is 1.39. The number of hydrogen-bond donors (Lipinski definition) is 2. The van der Waals surface area contributed by atoms with E-state index in [1.807, 2.05) is 44.2 Å². The maximum absolute atomic E-state index is 12.1. The van der Waals surface area contributed by atoms with E-state index in [4.69, 9.17) is 0 Å². The number of hydrogen-bond acceptors (Lipinski definition) is 2. The van der Waals surface area contributed by atoms with Gasteiger partial charge in [0.2, 0.25) is 0 Å². The fourth-order valence-electron chi connectivity index (χ4n) is 1.39. The molecule has 0 heterocycles. The Balaban J connectivity index is 4.94. The Bertz CT molecular complexity index is 544. The first-order chi connectivity index (χ1) is 10.6. The average Bonchev–Trinajstić information content (AvgIpc) is 2.50. The zero-order chi connectivity index (χ0) is 16.8. The van der Waals surface area contributed by atoms with Crippen molar-refractivity contribution < 1.29 is 4.79 Å². The molecule has 0 aromatic heterocycles. The number of nitrogens with one attached hydrogen (secondary N) is 2. The predicted molar refractivity (Wildman–Crippen MR) is 95.7 cm³/mol. The van der Waals surface area contributed by atoms with Gasteiger partial charge in [-0.25, -0.2) is 0 Å². The average molecular weight is 296 g/mol. The molecule has 0 spiro atoms. The third-order valence-corrected chi connectivity index (χ3v) is 2.35. The van der Waals surface area contributed by atoms with E-state index in [1.165, 1.54) is 0 Å². The molecule has 0 bridgehead atoms. The van der Waals surface area contributed by atoms with Gasteiger partial charge < -0.3 is 10.6 Å². The van der Waals surface area contributed by atoms with E-state index in [9.17, 15) is 4.79 Å². The molecule has 2 N–H and O–H groups in total. The van der Waals surface area contributed by atoms with Crippen LogP contribution in [0.3, 0.4) is 0 Å². The van der Waals surface area contributed by atoms with Crippen LogP contribution in [0.15, 0.2) is 97.6 Å². The topological polar surface area (TPSA) is 41.1 Å². The lowest BCUT2D eigenvalue weighted by Gasteiger charge is -2.11. The van der Waals surface area contributed by atoms with Crippen LogP contribution in [-0.2, 0) is 4.79 Å². The second-order valence-electron chi connectivity index (χ2n) is 4.16. The molecule has 0 aliphatic heterocycles. The largest absolute Gasteiger partial charge is 0.352 e. The summed E-state index contributed by atoms with van der Waals surface area (Å²) in [5, 5.41) is 5.72. The Labute approximate surface area is 133 Å². The summed E-state index contributed by atoms with van der Waals surface area (Å²) in [5.74, 6) is -0.322. The molecular formula is C19H24N2O. The van der Waals surface area contributed by atoms with Crippen LogP contribution in [0, 0.1) is 0 Å². The summed E-state index contributed by atoms with van der Waals surface area (Å²) in [6, 6.07) is 0. The molecule has 0 rings (SSSR count). The maximum atomic E-state index is 12.1. The van der Waals surface area contributed by atoms with Crippen molar-refractivity contribution in [3.63, 3.8) is 0 Å². The maximum Gasteiger partial charge on any atom is 0.271 e. The molecule has 0 aromatic carbocycles. The summed E-state index contributed by atoms with van der Waals surface area (Å²) in [5.41, 5.74) is 1.63. The summed E-state index contributed by atoms with van der Waals surface area (Å²) in [6.45, 7) is 14.8. The van der Waals surface area contributed by atoms with Crippen molar-refractivity contribution in [1.82, 2.24) is 10.6 Å². The molecule has 0 fully saturated rings. The summed E-state index contributed by atoms with van der Waals surface area (Å²) in [4.78, 5) is 12.1. The Hall–Kier alpha value is -2.81. The zero-order valence-corrected chi connectivity index (χ0v) is 13.3. The predicted octanol–water partition coefficient (Wildman–Crippen LogP) is 4.05. The van der Waals surface area contributed by atoms with Gasteiger partial charge in [-0.05, 0) is 38.2 Å². The van der Waals surface area contributed by atoms with Crippen LogP contribution in [0.4, 0.5) is 0 Å². The molecule has 0 radical (unpaired) electrons. The van der Waals surface area contributed by atoms with Crippen molar-refractivity contribution in [2.45, 2.75) is 13.8 Å². The first-order valence-electron chi connectivity index (χ1n) is 6.93. The first-order valence-corrected chi connectivity index (χ1v) is 6.93. The lowest BCUT2D eigenvalue weighted by atomic mass is 10.3. The van der Waals surface area contributed by atoms with Gasteiger partial charge in [-0.1, -0.05) is 56.2 Å². The van der Waals surface area contributed by atoms with E-state index in [0.717, 1.165) is 5.70 Å². The second kappa shape index (κ2) is 12.0. The van der Waals surface area contributed by atoms with Gasteiger partial charge in [-0.2, -0.15) is 0 Å². The van der Waals surface area contributed by atoms with Crippen molar-refractivity contribution in [1.29, 1.82) is 0 Å². The summed E-state index contributed by atoms with van der Waals surface area (Å²) < 4.78 is 0. The van der Waals surface area contributed by atoms with Gasteiger partial charge in [-0.3, -0.25) is 4.79 Å². The molecule has 0 saturated carbocycles. The normalized spacial score (nSPS) is 12.8. The number of allylic oxidation sites excluding steroid dienone is 10. The van der Waals surface area contributed by atoms with E-state index in [2.05, 4.69) is 30.4 Å². The van der Waals surface area contributed by atoms with Crippen molar-refractivity contribution in [3.8, 4) is 0 Å². The quantitative estimate of drug-likeness (QED) is 0.498. The highest BCUT2D eigenvalue weighted by Crippen LogP contribution is 2.00. The Morgan fingerprint density at radius 2 is 1.55 bits per heavy atom. The van der Waals surface area contributed by atoms with Gasteiger partial charge in [0.1, 0.15) is 0 Å². The lowest BCUT2D eigenvalue weighted by Crippen LogP contribution is -2.29. The van der Waals surface area contributed by atoms with Crippen molar-refractivity contribution in [2.75, 3.05) is 0 Å². The van der Waals surface area contributed by atoms with Crippen LogP contribution in [0.1, 0.15) is 13.8 Å². The van der Waals surface area contributed by atoms with Crippen LogP contribution >= 0.6 is 0 Å². The van der Waals surface area contributed by atoms with Crippen molar-refractivity contribution >= 4 is 5.91 Å². The molecule has 0 atom stereocenters. The molecule has 22 heavy (non-hydrogen) atoms. The van der Waals surface area contributed by atoms with Crippen LogP contribution in [-0.4, -0.2) is 5.91 Å². The van der Waals surface area contributed by atoms with E-state index < -0.39 is 0 Å². The highest BCUT2D eigenvalue weighted by molar-refractivity contribution is 5.94. The van der Waals surface area contributed by atoms with Crippen LogP contribution < -0.4 is 10.6 Å². The number of rotatable bonds is 9. The van der Waals surface area contributed by atoms with E-state index >= 15 is 0 Å². The molecule has 0 aromatic rings. The molecule has 0 unspecified atom stereocenters. The molecule has 3 nitrogen and oxygen atoms in total. The third-order valence-electron chi connectivity index (χ3n) is 2.35. The summed E-state index contributed by atoms with van der Waals surface area (Å²) >= 11 is 0.